The van der Waals surface area contributed by atoms with E-state index in [1.54, 1.807) is 13.8 Å². The smallest absolute Gasteiger partial charge is 0.338 e. The van der Waals surface area contributed by atoms with Crippen molar-refractivity contribution in [1.82, 2.24) is 0 Å². The number of esters is 2. The summed E-state index contributed by atoms with van der Waals surface area (Å²) in [6, 6.07) is 0. The predicted molar refractivity (Wildman–Crippen MR) is 106 cm³/mol. The quantitative estimate of drug-likeness (QED) is 0.415. The SMILES string of the molecule is CC(=CC12CC3CC(CC(O)(C3)C1)C2)C(=O)OC=C(C)C(=O)OCC1CCCO1. The average molecular weight is 405 g/mol. The first-order valence-corrected chi connectivity index (χ1v) is 10.8. The second kappa shape index (κ2) is 7.88. The van der Waals surface area contributed by atoms with E-state index in [0.717, 1.165) is 44.9 Å². The van der Waals surface area contributed by atoms with Crippen LogP contribution in [0.1, 0.15) is 65.2 Å². The van der Waals surface area contributed by atoms with Crippen LogP contribution in [-0.4, -0.2) is 42.0 Å². The fourth-order valence-corrected chi connectivity index (χ4v) is 6.31. The van der Waals surface area contributed by atoms with Gasteiger partial charge in [0.25, 0.3) is 0 Å². The first-order chi connectivity index (χ1) is 13.8. The molecule has 3 unspecified atom stereocenters. The minimum absolute atomic E-state index is 0.0328. The molecule has 5 fully saturated rings. The Bertz CT molecular complexity index is 716. The van der Waals surface area contributed by atoms with Crippen LogP contribution in [0.5, 0.6) is 0 Å². The number of allylic oxidation sites excluding steroid dienone is 1. The maximum Gasteiger partial charge on any atom is 0.338 e. The lowest BCUT2D eigenvalue weighted by atomic mass is 9.48. The molecule has 0 aromatic rings. The molecular weight excluding hydrogens is 372 g/mol. The third-order valence-corrected chi connectivity index (χ3v) is 7.01. The Balaban J connectivity index is 1.33. The van der Waals surface area contributed by atoms with Crippen molar-refractivity contribution in [1.29, 1.82) is 0 Å². The molecule has 5 aliphatic rings. The number of ether oxygens (including phenoxy) is 3. The lowest BCUT2D eigenvalue weighted by Gasteiger charge is -2.59. The Labute approximate surface area is 172 Å². The molecule has 160 valence electrons. The summed E-state index contributed by atoms with van der Waals surface area (Å²) in [5.74, 6) is 0.154. The largest absolute Gasteiger partial charge is 0.459 e. The number of carbonyl (C=O) groups excluding carboxylic acids is 2. The van der Waals surface area contributed by atoms with Crippen LogP contribution < -0.4 is 0 Å². The van der Waals surface area contributed by atoms with Gasteiger partial charge in [-0.2, -0.15) is 0 Å². The first kappa shape index (κ1) is 20.6. The Morgan fingerprint density at radius 2 is 1.83 bits per heavy atom. The molecule has 1 N–H and O–H groups in total. The van der Waals surface area contributed by atoms with Crippen LogP contribution in [0.15, 0.2) is 23.5 Å². The van der Waals surface area contributed by atoms with Crippen LogP contribution in [0.2, 0.25) is 0 Å². The molecule has 0 amide bonds. The normalized spacial score (nSPS) is 38.9. The van der Waals surface area contributed by atoms with E-state index < -0.39 is 17.5 Å². The molecule has 5 rings (SSSR count). The van der Waals surface area contributed by atoms with E-state index >= 15 is 0 Å². The van der Waals surface area contributed by atoms with E-state index in [0.29, 0.717) is 24.0 Å². The maximum atomic E-state index is 12.5. The number of hydrogen-bond donors (Lipinski definition) is 1. The van der Waals surface area contributed by atoms with Crippen LogP contribution in [-0.2, 0) is 23.8 Å². The first-order valence-electron chi connectivity index (χ1n) is 10.8. The zero-order valence-corrected chi connectivity index (χ0v) is 17.4. The summed E-state index contributed by atoms with van der Waals surface area (Å²) in [6.45, 7) is 4.26. The Hall–Kier alpha value is -1.66. The van der Waals surface area contributed by atoms with Gasteiger partial charge in [0.15, 0.2) is 0 Å². The summed E-state index contributed by atoms with van der Waals surface area (Å²) in [7, 11) is 0. The van der Waals surface area contributed by atoms with Crippen LogP contribution in [0, 0.1) is 17.3 Å². The molecule has 4 saturated carbocycles. The van der Waals surface area contributed by atoms with E-state index in [9.17, 15) is 14.7 Å². The van der Waals surface area contributed by atoms with Crippen molar-refractivity contribution in [3.63, 3.8) is 0 Å². The number of rotatable bonds is 6. The molecule has 0 spiro atoms. The van der Waals surface area contributed by atoms with Gasteiger partial charge in [0.05, 0.1) is 17.3 Å². The van der Waals surface area contributed by atoms with Crippen molar-refractivity contribution in [3.05, 3.63) is 23.5 Å². The highest BCUT2D eigenvalue weighted by molar-refractivity contribution is 5.90. The minimum atomic E-state index is -0.561. The fourth-order valence-electron chi connectivity index (χ4n) is 6.31. The molecular formula is C23H32O6. The summed E-state index contributed by atoms with van der Waals surface area (Å²) in [4.78, 5) is 24.5. The molecule has 3 atom stereocenters. The van der Waals surface area contributed by atoms with Crippen molar-refractivity contribution >= 4 is 11.9 Å². The second-order valence-electron chi connectivity index (χ2n) is 9.81. The highest BCUT2D eigenvalue weighted by Crippen LogP contribution is 2.62. The van der Waals surface area contributed by atoms with Gasteiger partial charge in [-0.25, -0.2) is 9.59 Å². The lowest BCUT2D eigenvalue weighted by molar-refractivity contribution is -0.149. The van der Waals surface area contributed by atoms with Crippen molar-refractivity contribution in [2.45, 2.75) is 76.9 Å². The molecule has 6 nitrogen and oxygen atoms in total. The maximum absolute atomic E-state index is 12.5. The molecule has 29 heavy (non-hydrogen) atoms. The molecule has 1 saturated heterocycles. The van der Waals surface area contributed by atoms with Crippen molar-refractivity contribution in [2.24, 2.45) is 17.3 Å². The van der Waals surface area contributed by atoms with Gasteiger partial charge in [0.2, 0.25) is 0 Å². The lowest BCUT2D eigenvalue weighted by Crippen LogP contribution is -2.55. The van der Waals surface area contributed by atoms with Crippen LogP contribution >= 0.6 is 0 Å². The van der Waals surface area contributed by atoms with Gasteiger partial charge in [0.1, 0.15) is 12.9 Å². The summed E-state index contributed by atoms with van der Waals surface area (Å²) in [6.07, 6.45) is 10.9. The highest BCUT2D eigenvalue weighted by Gasteiger charge is 2.56. The molecule has 0 aromatic heterocycles. The number of carbonyl (C=O) groups is 2. The molecule has 4 bridgehead atoms. The average Bonchev–Trinajstić information content (AvgIpc) is 3.14. The minimum Gasteiger partial charge on any atom is -0.459 e. The molecule has 4 aliphatic carbocycles. The summed E-state index contributed by atoms with van der Waals surface area (Å²) < 4.78 is 15.9. The Morgan fingerprint density at radius 1 is 1.10 bits per heavy atom. The standard InChI is InChI=1S/C23H32O6/c1-15(7-22-8-17-6-18(9-22)11-23(26,10-17)14-22)20(24)28-12-16(2)21(25)29-13-19-4-3-5-27-19/h7,12,17-19,26H,3-6,8-11,13-14H2,1-2H3. The third kappa shape index (κ3) is 4.58. The molecule has 0 radical (unpaired) electrons. The van der Waals surface area contributed by atoms with E-state index in [2.05, 4.69) is 0 Å². The van der Waals surface area contributed by atoms with Gasteiger partial charge in [0, 0.05) is 12.2 Å². The number of aliphatic hydroxyl groups is 1. The van der Waals surface area contributed by atoms with E-state index in [-0.39, 0.29) is 23.7 Å². The van der Waals surface area contributed by atoms with Gasteiger partial charge in [-0.1, -0.05) is 6.08 Å². The second-order valence-corrected chi connectivity index (χ2v) is 9.81. The monoisotopic (exact) mass is 404 g/mol. The van der Waals surface area contributed by atoms with Crippen LogP contribution in [0.25, 0.3) is 0 Å². The van der Waals surface area contributed by atoms with Gasteiger partial charge in [-0.15, -0.1) is 0 Å². The molecule has 6 heteroatoms. The summed E-state index contributed by atoms with van der Waals surface area (Å²) in [5.41, 5.74) is 0.121. The molecule has 1 heterocycles. The Morgan fingerprint density at radius 3 is 2.45 bits per heavy atom. The predicted octanol–water partition coefficient (Wildman–Crippen LogP) is 3.43. The molecule has 0 aromatic carbocycles. The van der Waals surface area contributed by atoms with Crippen LogP contribution in [0.3, 0.4) is 0 Å². The fraction of sp³-hybridized carbons (Fsp3) is 0.739. The number of hydrogen-bond acceptors (Lipinski definition) is 6. The zero-order chi connectivity index (χ0) is 20.6. The van der Waals surface area contributed by atoms with Gasteiger partial charge in [-0.05, 0) is 82.5 Å². The van der Waals surface area contributed by atoms with Crippen molar-refractivity contribution < 1.29 is 28.9 Å². The van der Waals surface area contributed by atoms with E-state index in [4.69, 9.17) is 14.2 Å². The van der Waals surface area contributed by atoms with Crippen LogP contribution in [0.4, 0.5) is 0 Å². The van der Waals surface area contributed by atoms with Crippen molar-refractivity contribution in [2.75, 3.05) is 13.2 Å². The Kier molecular flexibility index (Phi) is 5.60. The summed E-state index contributed by atoms with van der Waals surface area (Å²) >= 11 is 0. The zero-order valence-electron chi connectivity index (χ0n) is 17.4. The van der Waals surface area contributed by atoms with Gasteiger partial charge in [-0.3, -0.25) is 0 Å². The van der Waals surface area contributed by atoms with Gasteiger partial charge < -0.3 is 19.3 Å². The van der Waals surface area contributed by atoms with Crippen molar-refractivity contribution in [3.8, 4) is 0 Å². The summed E-state index contributed by atoms with van der Waals surface area (Å²) in [5, 5.41) is 10.9. The van der Waals surface area contributed by atoms with E-state index in [1.165, 1.54) is 12.7 Å². The van der Waals surface area contributed by atoms with Gasteiger partial charge >= 0.3 is 11.9 Å². The topological polar surface area (TPSA) is 82.1 Å². The molecule has 1 aliphatic heterocycles. The van der Waals surface area contributed by atoms with E-state index in [1.807, 2.05) is 6.08 Å². The highest BCUT2D eigenvalue weighted by atomic mass is 16.6. The third-order valence-electron chi connectivity index (χ3n) is 7.01.